The first-order valence-electron chi connectivity index (χ1n) is 4.02. The van der Waals surface area contributed by atoms with Gasteiger partial charge in [-0.3, -0.25) is 4.79 Å². The topological polar surface area (TPSA) is 37.3 Å². The number of ketones is 1. The minimum atomic E-state index is -0.874. The summed E-state index contributed by atoms with van der Waals surface area (Å²) in [7, 11) is 0. The smallest absolute Gasteiger partial charge is 0.158 e. The fraction of sp³-hybridized carbons (Fsp3) is 0.300. The molecule has 3 heteroatoms. The van der Waals surface area contributed by atoms with E-state index in [1.54, 1.807) is 0 Å². The minimum absolute atomic E-state index is 0.192. The van der Waals surface area contributed by atoms with Gasteiger partial charge in [-0.2, -0.15) is 0 Å². The normalized spacial score (nSPS) is 12.5. The maximum Gasteiger partial charge on any atom is 0.158 e. The quantitative estimate of drug-likeness (QED) is 0.880. The van der Waals surface area contributed by atoms with Crippen LogP contribution >= 0.6 is 15.9 Å². The molecule has 1 aromatic carbocycles. The molecule has 1 rings (SSSR count). The Morgan fingerprint density at radius 1 is 1.46 bits per heavy atom. The molecule has 0 saturated heterocycles. The maximum atomic E-state index is 10.8. The lowest BCUT2D eigenvalue weighted by atomic mass is 10.1. The van der Waals surface area contributed by atoms with Gasteiger partial charge in [0.25, 0.3) is 0 Å². The van der Waals surface area contributed by atoms with Gasteiger partial charge in [0.15, 0.2) is 5.78 Å². The van der Waals surface area contributed by atoms with E-state index >= 15 is 0 Å². The molecular formula is C10H11BrO2. The van der Waals surface area contributed by atoms with Crippen molar-refractivity contribution in [3.8, 4) is 0 Å². The molecule has 0 aromatic heterocycles. The largest absolute Gasteiger partial charge is 0.385 e. The summed E-state index contributed by atoms with van der Waals surface area (Å²) in [6, 6.07) is 7.55. The number of aliphatic hydroxyl groups excluding tert-OH is 1. The Balaban J connectivity index is 2.64. The number of Topliss-reactive ketones (excluding diaryl/α,β-unsaturated/α-hetero) is 1. The molecule has 0 unspecified atom stereocenters. The van der Waals surface area contributed by atoms with Gasteiger partial charge < -0.3 is 5.11 Å². The first kappa shape index (κ1) is 10.4. The van der Waals surface area contributed by atoms with Crippen molar-refractivity contribution in [2.75, 3.05) is 0 Å². The molecule has 0 amide bonds. The Bertz CT molecular complexity index is 292. The van der Waals surface area contributed by atoms with Crippen molar-refractivity contribution in [3.05, 3.63) is 34.3 Å². The second kappa shape index (κ2) is 4.53. The Hall–Kier alpha value is -0.670. The second-order valence-electron chi connectivity index (χ2n) is 2.96. The molecule has 0 aliphatic heterocycles. The monoisotopic (exact) mass is 242 g/mol. The van der Waals surface area contributed by atoms with Crippen molar-refractivity contribution in [2.45, 2.75) is 19.4 Å². The van der Waals surface area contributed by atoms with Crippen LogP contribution in [0.25, 0.3) is 0 Å². The first-order valence-corrected chi connectivity index (χ1v) is 4.82. The number of carbonyl (C=O) groups excluding carboxylic acids is 1. The standard InChI is InChI=1S/C10H11BrO2/c1-7(12)10(13)6-8-2-4-9(11)5-3-8/h2-5,10,13H,6H2,1H3/t10-/m1/s1. The highest BCUT2D eigenvalue weighted by atomic mass is 79.9. The summed E-state index contributed by atoms with van der Waals surface area (Å²) >= 11 is 3.31. The summed E-state index contributed by atoms with van der Waals surface area (Å²) in [5.41, 5.74) is 0.964. The second-order valence-corrected chi connectivity index (χ2v) is 3.87. The fourth-order valence-corrected chi connectivity index (χ4v) is 1.25. The highest BCUT2D eigenvalue weighted by Crippen LogP contribution is 2.11. The van der Waals surface area contributed by atoms with Gasteiger partial charge in [0, 0.05) is 10.9 Å². The molecular weight excluding hydrogens is 232 g/mol. The molecule has 70 valence electrons. The zero-order valence-electron chi connectivity index (χ0n) is 7.33. The zero-order valence-corrected chi connectivity index (χ0v) is 8.91. The van der Waals surface area contributed by atoms with Crippen LogP contribution in [0.1, 0.15) is 12.5 Å². The third-order valence-corrected chi connectivity index (χ3v) is 2.34. The van der Waals surface area contributed by atoms with Crippen molar-refractivity contribution in [1.82, 2.24) is 0 Å². The van der Waals surface area contributed by atoms with Crippen molar-refractivity contribution in [3.63, 3.8) is 0 Å². The predicted octanol–water partition coefficient (Wildman–Crippen LogP) is 1.94. The van der Waals surface area contributed by atoms with Crippen LogP contribution in [-0.2, 0) is 11.2 Å². The molecule has 0 radical (unpaired) electrons. The van der Waals surface area contributed by atoms with E-state index in [9.17, 15) is 9.90 Å². The number of halogens is 1. The average Bonchev–Trinajstić information content (AvgIpc) is 2.08. The van der Waals surface area contributed by atoms with Crippen LogP contribution in [0.5, 0.6) is 0 Å². The van der Waals surface area contributed by atoms with E-state index in [2.05, 4.69) is 15.9 Å². The van der Waals surface area contributed by atoms with Crippen LogP contribution in [0.2, 0.25) is 0 Å². The molecule has 0 aliphatic carbocycles. The third kappa shape index (κ3) is 3.28. The molecule has 0 bridgehead atoms. The van der Waals surface area contributed by atoms with Gasteiger partial charge in [-0.15, -0.1) is 0 Å². The predicted molar refractivity (Wildman–Crippen MR) is 54.5 cm³/mol. The molecule has 1 atom stereocenters. The number of hydrogen-bond donors (Lipinski definition) is 1. The van der Waals surface area contributed by atoms with Crippen molar-refractivity contribution in [2.24, 2.45) is 0 Å². The van der Waals surface area contributed by atoms with Gasteiger partial charge in [-0.05, 0) is 24.6 Å². The SMILES string of the molecule is CC(=O)[C@H](O)Cc1ccc(Br)cc1. The summed E-state index contributed by atoms with van der Waals surface area (Å²) in [6.07, 6.45) is -0.482. The van der Waals surface area contributed by atoms with Crippen molar-refractivity contribution < 1.29 is 9.90 Å². The number of carbonyl (C=O) groups is 1. The van der Waals surface area contributed by atoms with Gasteiger partial charge in [0.05, 0.1) is 0 Å². The van der Waals surface area contributed by atoms with Crippen LogP contribution < -0.4 is 0 Å². The van der Waals surface area contributed by atoms with Crippen LogP contribution in [0.15, 0.2) is 28.7 Å². The van der Waals surface area contributed by atoms with Gasteiger partial charge in [0.1, 0.15) is 6.10 Å². The Labute approximate surface area is 85.7 Å². The van der Waals surface area contributed by atoms with Crippen molar-refractivity contribution in [1.29, 1.82) is 0 Å². The molecule has 2 nitrogen and oxygen atoms in total. The summed E-state index contributed by atoms with van der Waals surface area (Å²) in [5.74, 6) is -0.192. The van der Waals surface area contributed by atoms with Crippen LogP contribution in [0.4, 0.5) is 0 Å². The molecule has 1 N–H and O–H groups in total. The maximum absolute atomic E-state index is 10.8. The van der Waals surface area contributed by atoms with E-state index in [0.29, 0.717) is 6.42 Å². The lowest BCUT2D eigenvalue weighted by Crippen LogP contribution is -2.19. The first-order chi connectivity index (χ1) is 6.09. The molecule has 0 aliphatic rings. The van der Waals surface area contributed by atoms with Gasteiger partial charge in [-0.1, -0.05) is 28.1 Å². The molecule has 0 fully saturated rings. The molecule has 0 saturated carbocycles. The Kier molecular flexibility index (Phi) is 3.63. The van der Waals surface area contributed by atoms with E-state index < -0.39 is 6.10 Å². The van der Waals surface area contributed by atoms with Gasteiger partial charge in [0.2, 0.25) is 0 Å². The fourth-order valence-electron chi connectivity index (χ4n) is 0.987. The lowest BCUT2D eigenvalue weighted by molar-refractivity contribution is -0.124. The van der Waals surface area contributed by atoms with Crippen LogP contribution in [0, 0.1) is 0 Å². The molecule has 0 heterocycles. The Morgan fingerprint density at radius 3 is 2.46 bits per heavy atom. The van der Waals surface area contributed by atoms with Crippen LogP contribution in [-0.4, -0.2) is 17.0 Å². The van der Waals surface area contributed by atoms with E-state index in [1.807, 2.05) is 24.3 Å². The molecule has 1 aromatic rings. The number of hydrogen-bond acceptors (Lipinski definition) is 2. The zero-order chi connectivity index (χ0) is 9.84. The highest BCUT2D eigenvalue weighted by molar-refractivity contribution is 9.10. The van der Waals surface area contributed by atoms with Crippen molar-refractivity contribution >= 4 is 21.7 Å². The number of aliphatic hydroxyl groups is 1. The summed E-state index contributed by atoms with van der Waals surface area (Å²) < 4.78 is 0.994. The van der Waals surface area contributed by atoms with E-state index in [1.165, 1.54) is 6.92 Å². The number of rotatable bonds is 3. The number of benzene rings is 1. The Morgan fingerprint density at radius 2 is 2.00 bits per heavy atom. The van der Waals surface area contributed by atoms with E-state index in [0.717, 1.165) is 10.0 Å². The third-order valence-electron chi connectivity index (χ3n) is 1.81. The highest BCUT2D eigenvalue weighted by Gasteiger charge is 2.09. The summed E-state index contributed by atoms with van der Waals surface area (Å²) in [4.78, 5) is 10.8. The van der Waals surface area contributed by atoms with E-state index in [4.69, 9.17) is 0 Å². The van der Waals surface area contributed by atoms with Gasteiger partial charge in [-0.25, -0.2) is 0 Å². The van der Waals surface area contributed by atoms with Gasteiger partial charge >= 0.3 is 0 Å². The average molecular weight is 243 g/mol. The molecule has 13 heavy (non-hydrogen) atoms. The summed E-state index contributed by atoms with van der Waals surface area (Å²) in [5, 5.41) is 9.29. The lowest BCUT2D eigenvalue weighted by Gasteiger charge is -2.06. The summed E-state index contributed by atoms with van der Waals surface area (Å²) in [6.45, 7) is 1.39. The molecule has 0 spiro atoms. The van der Waals surface area contributed by atoms with E-state index in [-0.39, 0.29) is 5.78 Å². The van der Waals surface area contributed by atoms with Crippen LogP contribution in [0.3, 0.4) is 0 Å². The minimum Gasteiger partial charge on any atom is -0.385 e.